The van der Waals surface area contributed by atoms with Gasteiger partial charge in [0.2, 0.25) is 0 Å². The molecular weight excluding hydrogens is 182 g/mol. The highest BCUT2D eigenvalue weighted by molar-refractivity contribution is 5.68. The van der Waals surface area contributed by atoms with Gasteiger partial charge in [-0.3, -0.25) is 4.98 Å². The molecule has 0 amide bonds. The first-order chi connectivity index (χ1) is 7.43. The maximum absolute atomic E-state index is 4.35. The summed E-state index contributed by atoms with van der Waals surface area (Å²) in [6.07, 6.45) is 7.27. The van der Waals surface area contributed by atoms with E-state index < -0.39 is 0 Å². The van der Waals surface area contributed by atoms with Crippen LogP contribution in [0, 0.1) is 0 Å². The quantitative estimate of drug-likeness (QED) is 0.677. The van der Waals surface area contributed by atoms with Crippen molar-refractivity contribution in [3.63, 3.8) is 0 Å². The second-order valence-electron chi connectivity index (χ2n) is 3.74. The minimum Gasteiger partial charge on any atom is -0.256 e. The molecular formula is C14H11N. The zero-order valence-electron chi connectivity index (χ0n) is 8.35. The Labute approximate surface area is 89.1 Å². The molecule has 0 spiro atoms. The van der Waals surface area contributed by atoms with Crippen LogP contribution in [0.15, 0.2) is 48.7 Å². The Morgan fingerprint density at radius 2 is 2.07 bits per heavy atom. The molecule has 1 aromatic carbocycles. The molecule has 2 aromatic rings. The number of fused-ring (bicyclic) bond motifs is 1. The molecule has 72 valence electrons. The second-order valence-corrected chi connectivity index (χ2v) is 3.74. The van der Waals surface area contributed by atoms with Crippen molar-refractivity contribution in [1.82, 2.24) is 4.98 Å². The zero-order valence-corrected chi connectivity index (χ0v) is 8.35. The van der Waals surface area contributed by atoms with Crippen molar-refractivity contribution in [2.75, 3.05) is 0 Å². The number of pyridine rings is 1. The van der Waals surface area contributed by atoms with E-state index in [1.165, 1.54) is 16.7 Å². The first kappa shape index (κ1) is 8.42. The number of nitrogens with zero attached hydrogens (tertiary/aromatic N) is 1. The summed E-state index contributed by atoms with van der Waals surface area (Å²) in [5, 5.41) is 0. The Bertz CT molecular complexity index is 512. The van der Waals surface area contributed by atoms with E-state index in [2.05, 4.69) is 35.3 Å². The molecule has 0 unspecified atom stereocenters. The number of aromatic nitrogens is 1. The average Bonchev–Trinajstić information content (AvgIpc) is 2.77. The van der Waals surface area contributed by atoms with Crippen molar-refractivity contribution in [3.8, 4) is 11.3 Å². The predicted octanol–water partition coefficient (Wildman–Crippen LogP) is 3.32. The SMILES string of the molecule is C1=Cc2ccc(-c3ccccn3)cc2C1. The van der Waals surface area contributed by atoms with Gasteiger partial charge < -0.3 is 0 Å². The van der Waals surface area contributed by atoms with Crippen molar-refractivity contribution < 1.29 is 0 Å². The average molecular weight is 193 g/mol. The van der Waals surface area contributed by atoms with Gasteiger partial charge in [0.25, 0.3) is 0 Å². The van der Waals surface area contributed by atoms with E-state index >= 15 is 0 Å². The number of allylic oxidation sites excluding steroid dienone is 1. The van der Waals surface area contributed by atoms with E-state index in [0.717, 1.165) is 12.1 Å². The van der Waals surface area contributed by atoms with Crippen LogP contribution >= 0.6 is 0 Å². The van der Waals surface area contributed by atoms with E-state index in [-0.39, 0.29) is 0 Å². The fraction of sp³-hybridized carbons (Fsp3) is 0.0714. The Balaban J connectivity index is 2.09. The molecule has 0 radical (unpaired) electrons. The summed E-state index contributed by atoms with van der Waals surface area (Å²) in [5.41, 5.74) is 5.00. The van der Waals surface area contributed by atoms with Crippen molar-refractivity contribution in [2.45, 2.75) is 6.42 Å². The van der Waals surface area contributed by atoms with Gasteiger partial charge >= 0.3 is 0 Å². The highest BCUT2D eigenvalue weighted by Crippen LogP contribution is 2.25. The van der Waals surface area contributed by atoms with Crippen molar-refractivity contribution >= 4 is 6.08 Å². The number of rotatable bonds is 1. The predicted molar refractivity (Wildman–Crippen MR) is 62.4 cm³/mol. The third-order valence-electron chi connectivity index (χ3n) is 2.74. The van der Waals surface area contributed by atoms with Crippen molar-refractivity contribution in [1.29, 1.82) is 0 Å². The van der Waals surface area contributed by atoms with Crippen LogP contribution in [0.4, 0.5) is 0 Å². The molecule has 0 aliphatic heterocycles. The minimum atomic E-state index is 1.05. The van der Waals surface area contributed by atoms with Crippen LogP contribution in [-0.4, -0.2) is 4.98 Å². The lowest BCUT2D eigenvalue weighted by atomic mass is 10.0. The molecule has 1 aliphatic carbocycles. The van der Waals surface area contributed by atoms with Crippen molar-refractivity contribution in [3.05, 3.63) is 59.8 Å². The first-order valence-corrected chi connectivity index (χ1v) is 5.14. The number of hydrogen-bond acceptors (Lipinski definition) is 1. The number of benzene rings is 1. The minimum absolute atomic E-state index is 1.05. The Kier molecular flexibility index (Phi) is 1.88. The third kappa shape index (κ3) is 1.46. The molecule has 0 saturated heterocycles. The topological polar surface area (TPSA) is 12.9 Å². The van der Waals surface area contributed by atoms with Crippen LogP contribution < -0.4 is 0 Å². The molecule has 0 fully saturated rings. The lowest BCUT2D eigenvalue weighted by Gasteiger charge is -2.03. The largest absolute Gasteiger partial charge is 0.256 e. The maximum Gasteiger partial charge on any atom is 0.0702 e. The van der Waals surface area contributed by atoms with Crippen LogP contribution in [0.5, 0.6) is 0 Å². The van der Waals surface area contributed by atoms with Gasteiger partial charge in [-0.2, -0.15) is 0 Å². The van der Waals surface area contributed by atoms with E-state index in [9.17, 15) is 0 Å². The normalized spacial score (nSPS) is 12.8. The van der Waals surface area contributed by atoms with Crippen LogP contribution in [0.2, 0.25) is 0 Å². The van der Waals surface area contributed by atoms with Crippen LogP contribution in [-0.2, 0) is 6.42 Å². The van der Waals surface area contributed by atoms with E-state index in [1.54, 1.807) is 0 Å². The maximum atomic E-state index is 4.35. The molecule has 0 N–H and O–H groups in total. The van der Waals surface area contributed by atoms with Gasteiger partial charge in [0.05, 0.1) is 5.69 Å². The molecule has 1 heterocycles. The lowest BCUT2D eigenvalue weighted by molar-refractivity contribution is 1.28. The van der Waals surface area contributed by atoms with Crippen LogP contribution in [0.3, 0.4) is 0 Å². The fourth-order valence-electron chi connectivity index (χ4n) is 1.95. The Morgan fingerprint density at radius 1 is 1.07 bits per heavy atom. The molecule has 15 heavy (non-hydrogen) atoms. The Morgan fingerprint density at radius 3 is 2.93 bits per heavy atom. The van der Waals surface area contributed by atoms with Crippen molar-refractivity contribution in [2.24, 2.45) is 0 Å². The van der Waals surface area contributed by atoms with E-state index in [1.807, 2.05) is 24.4 Å². The summed E-state index contributed by atoms with van der Waals surface area (Å²) in [4.78, 5) is 4.35. The van der Waals surface area contributed by atoms with Gasteiger partial charge in [-0.25, -0.2) is 0 Å². The van der Waals surface area contributed by atoms with E-state index in [4.69, 9.17) is 0 Å². The van der Waals surface area contributed by atoms with Gasteiger partial charge in [0, 0.05) is 11.8 Å². The van der Waals surface area contributed by atoms with Gasteiger partial charge in [0.1, 0.15) is 0 Å². The van der Waals surface area contributed by atoms with E-state index in [0.29, 0.717) is 0 Å². The molecule has 0 saturated carbocycles. The highest BCUT2D eigenvalue weighted by Gasteiger charge is 2.06. The molecule has 1 heteroatoms. The number of hydrogen-bond donors (Lipinski definition) is 0. The van der Waals surface area contributed by atoms with Gasteiger partial charge in [-0.1, -0.05) is 30.4 Å². The first-order valence-electron chi connectivity index (χ1n) is 5.14. The monoisotopic (exact) mass is 193 g/mol. The zero-order chi connectivity index (χ0) is 10.1. The van der Waals surface area contributed by atoms with Gasteiger partial charge in [0.15, 0.2) is 0 Å². The molecule has 1 aromatic heterocycles. The summed E-state index contributed by atoms with van der Waals surface area (Å²) < 4.78 is 0. The third-order valence-corrected chi connectivity index (χ3v) is 2.74. The van der Waals surface area contributed by atoms with Crippen LogP contribution in [0.1, 0.15) is 11.1 Å². The molecule has 1 aliphatic rings. The molecule has 3 rings (SSSR count). The van der Waals surface area contributed by atoms with Crippen LogP contribution in [0.25, 0.3) is 17.3 Å². The molecule has 0 atom stereocenters. The second kappa shape index (κ2) is 3.35. The summed E-state index contributed by atoms with van der Waals surface area (Å²) in [6, 6.07) is 12.5. The molecule has 0 bridgehead atoms. The Hall–Kier alpha value is -1.89. The summed E-state index contributed by atoms with van der Waals surface area (Å²) >= 11 is 0. The highest BCUT2D eigenvalue weighted by atomic mass is 14.7. The standard InChI is InChI=1S/C14H11N/c1-2-9-15-14(6-1)13-8-7-11-4-3-5-12(11)10-13/h1-4,6-10H,5H2. The lowest BCUT2D eigenvalue weighted by Crippen LogP contribution is -1.86. The summed E-state index contributed by atoms with van der Waals surface area (Å²) in [5.74, 6) is 0. The summed E-state index contributed by atoms with van der Waals surface area (Å²) in [6.45, 7) is 0. The molecule has 1 nitrogen and oxygen atoms in total. The smallest absolute Gasteiger partial charge is 0.0702 e. The summed E-state index contributed by atoms with van der Waals surface area (Å²) in [7, 11) is 0. The van der Waals surface area contributed by atoms with Gasteiger partial charge in [-0.05, 0) is 35.7 Å². The fourth-order valence-corrected chi connectivity index (χ4v) is 1.95. The van der Waals surface area contributed by atoms with Gasteiger partial charge in [-0.15, -0.1) is 0 Å².